The van der Waals surface area contributed by atoms with E-state index in [1.165, 1.54) is 6.07 Å². The van der Waals surface area contributed by atoms with E-state index in [-0.39, 0.29) is 5.41 Å². The van der Waals surface area contributed by atoms with Crippen molar-refractivity contribution in [2.75, 3.05) is 18.0 Å². The van der Waals surface area contributed by atoms with Crippen LogP contribution in [-0.2, 0) is 6.18 Å². The van der Waals surface area contributed by atoms with Gasteiger partial charge in [0.1, 0.15) is 5.71 Å². The van der Waals surface area contributed by atoms with E-state index in [0.717, 1.165) is 30.0 Å². The minimum absolute atomic E-state index is 0.0252. The molecule has 6 heteroatoms. The summed E-state index contributed by atoms with van der Waals surface area (Å²) in [5.41, 5.74) is 1.78. The van der Waals surface area contributed by atoms with Gasteiger partial charge in [-0.2, -0.15) is 13.2 Å². The number of benzene rings is 2. The fourth-order valence-electron chi connectivity index (χ4n) is 3.46. The van der Waals surface area contributed by atoms with E-state index in [2.05, 4.69) is 18.8 Å². The molecule has 0 N–H and O–H groups in total. The number of fused-ring (bicyclic) bond motifs is 3. The molecule has 2 heterocycles. The zero-order valence-corrected chi connectivity index (χ0v) is 15.2. The first-order chi connectivity index (χ1) is 12.8. The van der Waals surface area contributed by atoms with Crippen molar-refractivity contribution in [2.45, 2.75) is 26.4 Å². The fraction of sp³-hybridized carbons (Fsp3) is 0.333. The van der Waals surface area contributed by atoms with Crippen LogP contribution in [0.3, 0.4) is 0 Å². The SMILES string of the molecule is CCC1(C)CN=C2C(c3ccccc3)=Nc3cc(C(F)(F)F)ccc3N2C1. The van der Waals surface area contributed by atoms with Crippen molar-refractivity contribution in [2.24, 2.45) is 15.4 Å². The number of hydrogen-bond donors (Lipinski definition) is 0. The number of rotatable bonds is 2. The molecular formula is C21H20F3N3. The smallest absolute Gasteiger partial charge is 0.322 e. The first kappa shape index (κ1) is 17.8. The quantitative estimate of drug-likeness (QED) is 0.687. The van der Waals surface area contributed by atoms with Gasteiger partial charge in [0.15, 0.2) is 5.84 Å². The summed E-state index contributed by atoms with van der Waals surface area (Å²) >= 11 is 0. The molecule has 4 rings (SSSR count). The van der Waals surface area contributed by atoms with Gasteiger partial charge in [0.05, 0.1) is 16.9 Å². The Morgan fingerprint density at radius 3 is 2.52 bits per heavy atom. The second-order valence-electron chi connectivity index (χ2n) is 7.42. The second-order valence-corrected chi connectivity index (χ2v) is 7.42. The Kier molecular flexibility index (Phi) is 4.09. The second kappa shape index (κ2) is 6.22. The maximum absolute atomic E-state index is 13.2. The normalized spacial score (nSPS) is 21.9. The Morgan fingerprint density at radius 2 is 1.85 bits per heavy atom. The summed E-state index contributed by atoms with van der Waals surface area (Å²) in [5.74, 6) is 0.736. The highest BCUT2D eigenvalue weighted by molar-refractivity contribution is 6.53. The van der Waals surface area contributed by atoms with Crippen molar-refractivity contribution in [3.63, 3.8) is 0 Å². The van der Waals surface area contributed by atoms with Crippen molar-refractivity contribution in [3.05, 3.63) is 59.7 Å². The first-order valence-electron chi connectivity index (χ1n) is 8.98. The van der Waals surface area contributed by atoms with Crippen molar-refractivity contribution in [1.82, 2.24) is 0 Å². The Labute approximate surface area is 156 Å². The lowest BCUT2D eigenvalue weighted by molar-refractivity contribution is -0.137. The van der Waals surface area contributed by atoms with E-state index < -0.39 is 11.7 Å². The Morgan fingerprint density at radius 1 is 1.11 bits per heavy atom. The Bertz CT molecular complexity index is 931. The zero-order chi connectivity index (χ0) is 19.2. The van der Waals surface area contributed by atoms with Crippen molar-refractivity contribution in [3.8, 4) is 0 Å². The number of halogens is 3. The third-order valence-electron chi connectivity index (χ3n) is 5.34. The third kappa shape index (κ3) is 3.13. The summed E-state index contributed by atoms with van der Waals surface area (Å²) < 4.78 is 39.6. The van der Waals surface area contributed by atoms with E-state index in [1.807, 2.05) is 35.2 Å². The minimum atomic E-state index is -4.40. The average Bonchev–Trinajstić information content (AvgIpc) is 2.67. The number of hydrogen-bond acceptors (Lipinski definition) is 3. The van der Waals surface area contributed by atoms with Crippen LogP contribution in [0.5, 0.6) is 0 Å². The summed E-state index contributed by atoms with van der Waals surface area (Å²) in [7, 11) is 0. The van der Waals surface area contributed by atoms with E-state index in [4.69, 9.17) is 4.99 Å². The van der Waals surface area contributed by atoms with Crippen LogP contribution < -0.4 is 4.90 Å². The van der Waals surface area contributed by atoms with Gasteiger partial charge in [0, 0.05) is 24.1 Å². The van der Waals surface area contributed by atoms with Crippen LogP contribution in [0.15, 0.2) is 58.5 Å². The van der Waals surface area contributed by atoms with Crippen LogP contribution in [0.1, 0.15) is 31.4 Å². The molecule has 0 radical (unpaired) electrons. The van der Waals surface area contributed by atoms with Gasteiger partial charge in [-0.15, -0.1) is 0 Å². The molecule has 140 valence electrons. The lowest BCUT2D eigenvalue weighted by Crippen LogP contribution is -2.50. The summed E-state index contributed by atoms with van der Waals surface area (Å²) in [4.78, 5) is 11.4. The van der Waals surface area contributed by atoms with Crippen molar-refractivity contribution < 1.29 is 13.2 Å². The Hall–Kier alpha value is -2.63. The van der Waals surface area contributed by atoms with E-state index >= 15 is 0 Å². The molecule has 2 aromatic carbocycles. The highest BCUT2D eigenvalue weighted by atomic mass is 19.4. The van der Waals surface area contributed by atoms with Crippen LogP contribution in [-0.4, -0.2) is 24.6 Å². The van der Waals surface area contributed by atoms with E-state index in [0.29, 0.717) is 30.2 Å². The standard InChI is InChI=1S/C21H20F3N3/c1-3-20(2)12-25-19-18(14-7-5-4-6-8-14)26-16-11-15(21(22,23)24)9-10-17(16)27(19)13-20/h4-11H,3,12-13H2,1-2H3. The van der Waals surface area contributed by atoms with Gasteiger partial charge >= 0.3 is 6.18 Å². The summed E-state index contributed by atoms with van der Waals surface area (Å²) in [5, 5.41) is 0. The van der Waals surface area contributed by atoms with Crippen molar-refractivity contribution >= 4 is 22.9 Å². The van der Waals surface area contributed by atoms with Crippen LogP contribution in [0, 0.1) is 5.41 Å². The number of alkyl halides is 3. The van der Waals surface area contributed by atoms with Gasteiger partial charge in [-0.25, -0.2) is 4.99 Å². The Balaban J connectivity index is 1.91. The molecule has 0 bridgehead atoms. The lowest BCUT2D eigenvalue weighted by Gasteiger charge is -2.42. The average molecular weight is 371 g/mol. The molecule has 0 fully saturated rings. The number of nitrogens with zero attached hydrogens (tertiary/aromatic N) is 3. The molecule has 2 aliphatic heterocycles. The number of anilines is 1. The van der Waals surface area contributed by atoms with Crippen LogP contribution >= 0.6 is 0 Å². The minimum Gasteiger partial charge on any atom is -0.322 e. The zero-order valence-electron chi connectivity index (χ0n) is 15.2. The molecule has 3 nitrogen and oxygen atoms in total. The highest BCUT2D eigenvalue weighted by Gasteiger charge is 2.38. The molecule has 0 aliphatic carbocycles. The van der Waals surface area contributed by atoms with Gasteiger partial charge in [0.2, 0.25) is 0 Å². The van der Waals surface area contributed by atoms with Gasteiger partial charge in [0.25, 0.3) is 0 Å². The first-order valence-corrected chi connectivity index (χ1v) is 8.98. The molecule has 0 saturated carbocycles. The molecule has 0 spiro atoms. The topological polar surface area (TPSA) is 28.0 Å². The maximum Gasteiger partial charge on any atom is 0.416 e. The van der Waals surface area contributed by atoms with Gasteiger partial charge in [-0.1, -0.05) is 44.2 Å². The molecule has 0 saturated heterocycles. The van der Waals surface area contributed by atoms with E-state index in [9.17, 15) is 13.2 Å². The largest absolute Gasteiger partial charge is 0.416 e. The highest BCUT2D eigenvalue weighted by Crippen LogP contribution is 2.42. The lowest BCUT2D eigenvalue weighted by atomic mass is 9.84. The molecule has 2 aromatic rings. The molecule has 0 amide bonds. The van der Waals surface area contributed by atoms with Crippen LogP contribution in [0.4, 0.5) is 24.5 Å². The van der Waals surface area contributed by atoms with Gasteiger partial charge < -0.3 is 4.90 Å². The van der Waals surface area contributed by atoms with Crippen molar-refractivity contribution in [1.29, 1.82) is 0 Å². The van der Waals surface area contributed by atoms with Crippen LogP contribution in [0.2, 0.25) is 0 Å². The summed E-state index contributed by atoms with van der Waals surface area (Å²) in [6.07, 6.45) is -3.46. The van der Waals surface area contributed by atoms with Gasteiger partial charge in [-0.3, -0.25) is 4.99 Å². The fourth-order valence-corrected chi connectivity index (χ4v) is 3.46. The monoisotopic (exact) mass is 371 g/mol. The predicted molar refractivity (Wildman–Crippen MR) is 102 cm³/mol. The predicted octanol–water partition coefficient (Wildman–Crippen LogP) is 5.47. The third-order valence-corrected chi connectivity index (χ3v) is 5.34. The van der Waals surface area contributed by atoms with E-state index in [1.54, 1.807) is 0 Å². The van der Waals surface area contributed by atoms with Crippen LogP contribution in [0.25, 0.3) is 0 Å². The number of amidine groups is 1. The summed E-state index contributed by atoms with van der Waals surface area (Å²) in [6, 6.07) is 13.3. The molecule has 0 aromatic heterocycles. The summed E-state index contributed by atoms with van der Waals surface area (Å²) in [6.45, 7) is 5.65. The number of aliphatic imine (C=N–C) groups is 2. The molecular weight excluding hydrogens is 351 g/mol. The molecule has 2 aliphatic rings. The molecule has 27 heavy (non-hydrogen) atoms. The molecule has 1 atom stereocenters. The molecule has 1 unspecified atom stereocenters. The van der Waals surface area contributed by atoms with Gasteiger partial charge in [-0.05, 0) is 24.6 Å². The maximum atomic E-state index is 13.2.